The van der Waals surface area contributed by atoms with Crippen molar-refractivity contribution in [1.82, 2.24) is 5.32 Å². The molecule has 1 unspecified atom stereocenters. The molecular formula is C11H22N2S. The number of nitrogens with zero attached hydrogens (tertiary/aromatic N) is 1. The third kappa shape index (κ3) is 6.28. The van der Waals surface area contributed by atoms with E-state index in [0.717, 1.165) is 18.1 Å². The van der Waals surface area contributed by atoms with E-state index in [0.29, 0.717) is 0 Å². The van der Waals surface area contributed by atoms with Crippen molar-refractivity contribution in [1.29, 1.82) is 5.26 Å². The van der Waals surface area contributed by atoms with Crippen LogP contribution in [0.5, 0.6) is 0 Å². The fourth-order valence-corrected chi connectivity index (χ4v) is 1.98. The average Bonchev–Trinajstić information content (AvgIpc) is 2.16. The number of nitrogens with one attached hydrogen (secondary N) is 1. The van der Waals surface area contributed by atoms with Crippen LogP contribution in [0.2, 0.25) is 0 Å². The lowest BCUT2D eigenvalue weighted by atomic mass is 9.97. The van der Waals surface area contributed by atoms with Gasteiger partial charge in [-0.15, -0.1) is 0 Å². The van der Waals surface area contributed by atoms with E-state index in [2.05, 4.69) is 25.2 Å². The number of rotatable bonds is 7. The third-order valence-corrected chi connectivity index (χ3v) is 3.51. The first-order valence-corrected chi connectivity index (χ1v) is 6.30. The molecule has 0 heterocycles. The van der Waals surface area contributed by atoms with Gasteiger partial charge in [-0.1, -0.05) is 13.8 Å². The van der Waals surface area contributed by atoms with Crippen LogP contribution in [0.1, 0.15) is 40.0 Å². The van der Waals surface area contributed by atoms with Gasteiger partial charge in [0, 0.05) is 0 Å². The molecule has 0 aromatic rings. The predicted octanol–water partition coefficient (Wildman–Crippen LogP) is 2.80. The Bertz CT molecular complexity index is 186. The summed E-state index contributed by atoms with van der Waals surface area (Å²) in [5.74, 6) is 1.21. The molecule has 82 valence electrons. The van der Waals surface area contributed by atoms with Crippen LogP contribution in [0, 0.1) is 11.3 Å². The standard InChI is InChI=1S/C11H22N2S/c1-10(2)14-8-6-5-7-11(3,9-12)13-4/h10,13H,5-8H2,1-4H3. The highest BCUT2D eigenvalue weighted by Gasteiger charge is 2.19. The molecule has 0 aromatic carbocycles. The van der Waals surface area contributed by atoms with Gasteiger partial charge in [0.2, 0.25) is 0 Å². The van der Waals surface area contributed by atoms with Crippen LogP contribution in [-0.2, 0) is 0 Å². The van der Waals surface area contributed by atoms with Crippen molar-refractivity contribution in [3.05, 3.63) is 0 Å². The largest absolute Gasteiger partial charge is 0.303 e. The summed E-state index contributed by atoms with van der Waals surface area (Å²) in [7, 11) is 1.85. The quantitative estimate of drug-likeness (QED) is 0.662. The van der Waals surface area contributed by atoms with Crippen molar-refractivity contribution < 1.29 is 0 Å². The van der Waals surface area contributed by atoms with E-state index in [9.17, 15) is 0 Å². The van der Waals surface area contributed by atoms with Crippen molar-refractivity contribution in [3.8, 4) is 6.07 Å². The van der Waals surface area contributed by atoms with Gasteiger partial charge in [0.15, 0.2) is 0 Å². The Morgan fingerprint density at radius 3 is 2.50 bits per heavy atom. The molecular weight excluding hydrogens is 192 g/mol. The molecule has 0 aliphatic heterocycles. The second-order valence-electron chi connectivity index (χ2n) is 4.07. The van der Waals surface area contributed by atoms with Crippen molar-refractivity contribution in [2.75, 3.05) is 12.8 Å². The fraction of sp³-hybridized carbons (Fsp3) is 0.909. The number of hydrogen-bond acceptors (Lipinski definition) is 3. The van der Waals surface area contributed by atoms with Gasteiger partial charge in [0.1, 0.15) is 5.54 Å². The summed E-state index contributed by atoms with van der Waals surface area (Å²) in [5, 5.41) is 12.7. The fourth-order valence-electron chi connectivity index (χ4n) is 1.14. The van der Waals surface area contributed by atoms with E-state index in [4.69, 9.17) is 5.26 Å². The molecule has 1 N–H and O–H groups in total. The Balaban J connectivity index is 3.49. The Labute approximate surface area is 92.5 Å². The summed E-state index contributed by atoms with van der Waals surface area (Å²) in [6, 6.07) is 2.31. The highest BCUT2D eigenvalue weighted by Crippen LogP contribution is 2.16. The van der Waals surface area contributed by atoms with E-state index in [-0.39, 0.29) is 5.54 Å². The zero-order valence-electron chi connectivity index (χ0n) is 9.76. The van der Waals surface area contributed by atoms with E-state index < -0.39 is 0 Å². The first kappa shape index (κ1) is 13.8. The minimum Gasteiger partial charge on any atom is -0.303 e. The molecule has 0 aliphatic rings. The summed E-state index contributed by atoms with van der Waals surface area (Å²) < 4.78 is 0. The number of hydrogen-bond donors (Lipinski definition) is 1. The minimum absolute atomic E-state index is 0.331. The topological polar surface area (TPSA) is 35.8 Å². The number of unbranched alkanes of at least 4 members (excludes halogenated alkanes) is 1. The maximum atomic E-state index is 8.91. The van der Waals surface area contributed by atoms with Crippen LogP contribution in [0.25, 0.3) is 0 Å². The second kappa shape index (κ2) is 7.14. The van der Waals surface area contributed by atoms with Gasteiger partial charge in [0.05, 0.1) is 6.07 Å². The lowest BCUT2D eigenvalue weighted by molar-refractivity contribution is 0.439. The molecule has 0 amide bonds. The minimum atomic E-state index is -0.331. The first-order chi connectivity index (χ1) is 6.54. The van der Waals surface area contributed by atoms with Crippen LogP contribution in [-0.4, -0.2) is 23.6 Å². The summed E-state index contributed by atoms with van der Waals surface area (Å²) in [5.41, 5.74) is -0.331. The van der Waals surface area contributed by atoms with E-state index >= 15 is 0 Å². The molecule has 14 heavy (non-hydrogen) atoms. The van der Waals surface area contributed by atoms with Crippen LogP contribution < -0.4 is 5.32 Å². The SMILES string of the molecule is CNC(C)(C#N)CCCCSC(C)C. The molecule has 0 radical (unpaired) electrons. The van der Waals surface area contributed by atoms with Gasteiger partial charge >= 0.3 is 0 Å². The third-order valence-electron chi connectivity index (χ3n) is 2.32. The molecule has 2 nitrogen and oxygen atoms in total. The normalized spacial score (nSPS) is 15.1. The molecule has 3 heteroatoms. The first-order valence-electron chi connectivity index (χ1n) is 5.26. The van der Waals surface area contributed by atoms with E-state index in [1.807, 2.05) is 25.7 Å². The second-order valence-corrected chi connectivity index (χ2v) is 5.75. The summed E-state index contributed by atoms with van der Waals surface area (Å²) in [6.45, 7) is 6.40. The molecule has 0 rings (SSSR count). The van der Waals surface area contributed by atoms with Gasteiger partial charge in [-0.2, -0.15) is 17.0 Å². The van der Waals surface area contributed by atoms with Crippen LogP contribution in [0.3, 0.4) is 0 Å². The monoisotopic (exact) mass is 214 g/mol. The maximum absolute atomic E-state index is 8.91. The summed E-state index contributed by atoms with van der Waals surface area (Å²) >= 11 is 1.99. The van der Waals surface area contributed by atoms with Crippen LogP contribution in [0.15, 0.2) is 0 Å². The lowest BCUT2D eigenvalue weighted by Crippen LogP contribution is -2.37. The summed E-state index contributed by atoms with van der Waals surface area (Å²) in [6.07, 6.45) is 3.28. The Morgan fingerprint density at radius 1 is 1.43 bits per heavy atom. The zero-order valence-corrected chi connectivity index (χ0v) is 10.6. The van der Waals surface area contributed by atoms with Gasteiger partial charge in [-0.05, 0) is 44.2 Å². The molecule has 0 aromatic heterocycles. The van der Waals surface area contributed by atoms with E-state index in [1.165, 1.54) is 12.2 Å². The molecule has 0 saturated carbocycles. The lowest BCUT2D eigenvalue weighted by Gasteiger charge is -2.20. The van der Waals surface area contributed by atoms with Crippen molar-refractivity contribution in [2.45, 2.75) is 50.8 Å². The zero-order chi connectivity index (χ0) is 11.0. The average molecular weight is 214 g/mol. The van der Waals surface area contributed by atoms with Crippen molar-refractivity contribution in [3.63, 3.8) is 0 Å². The van der Waals surface area contributed by atoms with Crippen LogP contribution in [0.4, 0.5) is 0 Å². The predicted molar refractivity (Wildman–Crippen MR) is 64.5 cm³/mol. The van der Waals surface area contributed by atoms with Crippen LogP contribution >= 0.6 is 11.8 Å². The number of thioether (sulfide) groups is 1. The summed E-state index contributed by atoms with van der Waals surface area (Å²) in [4.78, 5) is 0. The molecule has 0 aliphatic carbocycles. The van der Waals surface area contributed by atoms with Gasteiger partial charge < -0.3 is 5.32 Å². The van der Waals surface area contributed by atoms with Gasteiger partial charge in [-0.25, -0.2) is 0 Å². The number of nitriles is 1. The Kier molecular flexibility index (Phi) is 7.04. The highest BCUT2D eigenvalue weighted by molar-refractivity contribution is 7.99. The van der Waals surface area contributed by atoms with Crippen molar-refractivity contribution >= 4 is 11.8 Å². The van der Waals surface area contributed by atoms with Crippen molar-refractivity contribution in [2.24, 2.45) is 0 Å². The smallest absolute Gasteiger partial charge is 0.103 e. The van der Waals surface area contributed by atoms with Gasteiger partial charge in [0.25, 0.3) is 0 Å². The molecule has 0 spiro atoms. The van der Waals surface area contributed by atoms with E-state index in [1.54, 1.807) is 0 Å². The molecule has 0 fully saturated rings. The highest BCUT2D eigenvalue weighted by atomic mass is 32.2. The Morgan fingerprint density at radius 2 is 2.07 bits per heavy atom. The van der Waals surface area contributed by atoms with Gasteiger partial charge in [-0.3, -0.25) is 0 Å². The molecule has 1 atom stereocenters. The maximum Gasteiger partial charge on any atom is 0.103 e. The molecule has 0 saturated heterocycles. The Hall–Kier alpha value is -0.200. The molecule has 0 bridgehead atoms.